The van der Waals surface area contributed by atoms with Gasteiger partial charge in [-0.25, -0.2) is 8.42 Å². The van der Waals surface area contributed by atoms with E-state index in [1.807, 2.05) is 0 Å². The van der Waals surface area contributed by atoms with Crippen LogP contribution < -0.4 is 14.2 Å². The molecule has 0 fully saturated rings. The second kappa shape index (κ2) is 6.98. The summed E-state index contributed by atoms with van der Waals surface area (Å²) in [5, 5.41) is 0.207. The molecule has 0 heterocycles. The van der Waals surface area contributed by atoms with E-state index in [-0.39, 0.29) is 15.6 Å². The molecule has 0 spiro atoms. The zero-order valence-corrected chi connectivity index (χ0v) is 15.8. The summed E-state index contributed by atoms with van der Waals surface area (Å²) in [5.74, 6) is 0.791. The van der Waals surface area contributed by atoms with Gasteiger partial charge in [-0.2, -0.15) is 0 Å². The van der Waals surface area contributed by atoms with Crippen molar-refractivity contribution in [2.45, 2.75) is 11.8 Å². The lowest BCUT2D eigenvalue weighted by atomic mass is 10.2. The van der Waals surface area contributed by atoms with Crippen molar-refractivity contribution in [3.05, 3.63) is 45.4 Å². The molecule has 0 amide bonds. The van der Waals surface area contributed by atoms with Crippen LogP contribution in [0.1, 0.15) is 5.56 Å². The molecular weight excluding hydrogens is 406 g/mol. The molecule has 2 rings (SSSR count). The largest absolute Gasteiger partial charge is 0.493 e. The zero-order chi connectivity index (χ0) is 17.2. The Bertz CT molecular complexity index is 840. The fraction of sp³-hybridized carbons (Fsp3) is 0.200. The van der Waals surface area contributed by atoms with E-state index < -0.39 is 10.0 Å². The monoisotopic (exact) mass is 419 g/mol. The van der Waals surface area contributed by atoms with Crippen molar-refractivity contribution in [1.82, 2.24) is 0 Å². The van der Waals surface area contributed by atoms with Crippen molar-refractivity contribution in [2.75, 3.05) is 18.9 Å². The van der Waals surface area contributed by atoms with Crippen LogP contribution in [0.15, 0.2) is 39.7 Å². The van der Waals surface area contributed by atoms with Crippen molar-refractivity contribution >= 4 is 43.2 Å². The fourth-order valence-corrected chi connectivity index (χ4v) is 4.11. The lowest BCUT2D eigenvalue weighted by molar-refractivity contribution is 0.355. The first-order valence-electron chi connectivity index (χ1n) is 6.49. The van der Waals surface area contributed by atoms with Crippen LogP contribution in [-0.4, -0.2) is 22.6 Å². The van der Waals surface area contributed by atoms with E-state index >= 15 is 0 Å². The third-order valence-corrected chi connectivity index (χ3v) is 5.47. The summed E-state index contributed by atoms with van der Waals surface area (Å²) in [7, 11) is -0.858. The van der Waals surface area contributed by atoms with Gasteiger partial charge in [0.1, 0.15) is 0 Å². The van der Waals surface area contributed by atoms with E-state index in [1.54, 1.807) is 19.1 Å². The molecule has 124 valence electrons. The molecule has 8 heteroatoms. The number of ether oxygens (including phenoxy) is 2. The predicted octanol–water partition coefficient (Wildman–Crippen LogP) is 4.23. The van der Waals surface area contributed by atoms with Crippen LogP contribution in [0, 0.1) is 6.92 Å². The number of rotatable bonds is 5. The molecule has 0 aliphatic carbocycles. The van der Waals surface area contributed by atoms with Crippen LogP contribution in [0.5, 0.6) is 11.5 Å². The fourth-order valence-electron chi connectivity index (χ4n) is 2.00. The molecule has 0 atom stereocenters. The number of hydrogen-bond donors (Lipinski definition) is 1. The lowest BCUT2D eigenvalue weighted by Crippen LogP contribution is -2.14. The molecule has 0 saturated carbocycles. The Hall–Kier alpha value is -1.44. The summed E-state index contributed by atoms with van der Waals surface area (Å²) in [6, 6.07) is 8.00. The number of anilines is 1. The van der Waals surface area contributed by atoms with Gasteiger partial charge in [-0.05, 0) is 24.6 Å². The Morgan fingerprint density at radius 2 is 1.70 bits per heavy atom. The average molecular weight is 421 g/mol. The first-order chi connectivity index (χ1) is 10.8. The third-order valence-electron chi connectivity index (χ3n) is 3.16. The lowest BCUT2D eigenvalue weighted by Gasteiger charge is -2.14. The van der Waals surface area contributed by atoms with Crippen molar-refractivity contribution in [3.8, 4) is 11.5 Å². The van der Waals surface area contributed by atoms with Gasteiger partial charge < -0.3 is 9.47 Å². The molecule has 0 unspecified atom stereocenters. The quantitative estimate of drug-likeness (QED) is 0.786. The number of halogens is 2. The minimum absolute atomic E-state index is 0.165. The Morgan fingerprint density at radius 3 is 2.30 bits per heavy atom. The summed E-state index contributed by atoms with van der Waals surface area (Å²) in [4.78, 5) is 0.165. The number of nitrogens with one attached hydrogen (secondary N) is 1. The second-order valence-electron chi connectivity index (χ2n) is 4.70. The van der Waals surface area contributed by atoms with Gasteiger partial charge in [-0.15, -0.1) is 0 Å². The third kappa shape index (κ3) is 3.91. The Labute approximate surface area is 148 Å². The van der Waals surface area contributed by atoms with E-state index in [4.69, 9.17) is 21.1 Å². The molecule has 0 bridgehead atoms. The normalized spacial score (nSPS) is 11.2. The van der Waals surface area contributed by atoms with Crippen molar-refractivity contribution < 1.29 is 17.9 Å². The zero-order valence-electron chi connectivity index (χ0n) is 12.7. The maximum absolute atomic E-state index is 12.6. The summed E-state index contributed by atoms with van der Waals surface area (Å²) >= 11 is 9.41. The highest BCUT2D eigenvalue weighted by Crippen LogP contribution is 2.37. The van der Waals surface area contributed by atoms with Crippen LogP contribution in [0.2, 0.25) is 5.02 Å². The highest BCUT2D eigenvalue weighted by atomic mass is 79.9. The summed E-state index contributed by atoms with van der Waals surface area (Å²) in [6.45, 7) is 1.72. The number of methoxy groups -OCH3 is 2. The van der Waals surface area contributed by atoms with E-state index in [9.17, 15) is 8.42 Å². The van der Waals surface area contributed by atoms with E-state index in [0.717, 1.165) is 0 Å². The smallest absolute Gasteiger partial charge is 0.262 e. The van der Waals surface area contributed by atoms with E-state index in [2.05, 4.69) is 20.7 Å². The van der Waals surface area contributed by atoms with Crippen LogP contribution >= 0.6 is 27.5 Å². The predicted molar refractivity (Wildman–Crippen MR) is 94.2 cm³/mol. The molecule has 0 saturated heterocycles. The molecule has 0 aliphatic rings. The second-order valence-corrected chi connectivity index (χ2v) is 7.68. The molecule has 2 aromatic carbocycles. The highest BCUT2D eigenvalue weighted by Gasteiger charge is 2.20. The van der Waals surface area contributed by atoms with Crippen molar-refractivity contribution in [1.29, 1.82) is 0 Å². The van der Waals surface area contributed by atoms with Crippen LogP contribution in [0.3, 0.4) is 0 Å². The molecule has 0 aromatic heterocycles. The Kier molecular flexibility index (Phi) is 5.44. The topological polar surface area (TPSA) is 64.6 Å². The molecule has 0 aliphatic heterocycles. The van der Waals surface area contributed by atoms with Crippen LogP contribution in [-0.2, 0) is 10.0 Å². The van der Waals surface area contributed by atoms with Gasteiger partial charge in [0.15, 0.2) is 11.5 Å². The Morgan fingerprint density at radius 1 is 1.09 bits per heavy atom. The maximum Gasteiger partial charge on any atom is 0.262 e. The number of sulfonamides is 1. The average Bonchev–Trinajstić information content (AvgIpc) is 2.50. The van der Waals surface area contributed by atoms with E-state index in [0.29, 0.717) is 21.5 Å². The summed E-state index contributed by atoms with van der Waals surface area (Å²) in [6.07, 6.45) is 0. The molecule has 2 aromatic rings. The Balaban J connectivity index is 2.47. The molecule has 1 N–H and O–H groups in total. The van der Waals surface area contributed by atoms with Gasteiger partial charge in [0.2, 0.25) is 0 Å². The number of hydrogen-bond acceptors (Lipinski definition) is 4. The first kappa shape index (κ1) is 17.9. The van der Waals surface area contributed by atoms with Crippen molar-refractivity contribution in [2.24, 2.45) is 0 Å². The van der Waals surface area contributed by atoms with Crippen LogP contribution in [0.25, 0.3) is 0 Å². The van der Waals surface area contributed by atoms with Crippen LogP contribution in [0.4, 0.5) is 5.69 Å². The minimum atomic E-state index is -3.79. The molecular formula is C15H15BrClNO4S. The minimum Gasteiger partial charge on any atom is -0.493 e. The molecule has 23 heavy (non-hydrogen) atoms. The SMILES string of the molecule is COc1cc(Cl)c(NS(=O)(=O)c2cc(Br)ccc2C)cc1OC. The number of benzene rings is 2. The first-order valence-corrected chi connectivity index (χ1v) is 9.14. The molecule has 0 radical (unpaired) electrons. The highest BCUT2D eigenvalue weighted by molar-refractivity contribution is 9.10. The maximum atomic E-state index is 12.6. The number of aryl methyl sites for hydroxylation is 1. The van der Waals surface area contributed by atoms with Gasteiger partial charge >= 0.3 is 0 Å². The van der Waals surface area contributed by atoms with Crippen molar-refractivity contribution in [3.63, 3.8) is 0 Å². The molecule has 5 nitrogen and oxygen atoms in total. The van der Waals surface area contributed by atoms with Gasteiger partial charge in [0.05, 0.1) is 29.8 Å². The van der Waals surface area contributed by atoms with Gasteiger partial charge in [0, 0.05) is 16.6 Å². The summed E-state index contributed by atoms with van der Waals surface area (Å²) < 4.78 is 38.7. The van der Waals surface area contributed by atoms with Gasteiger partial charge in [-0.1, -0.05) is 33.6 Å². The van der Waals surface area contributed by atoms with Gasteiger partial charge in [0.25, 0.3) is 10.0 Å². The summed E-state index contributed by atoms with van der Waals surface area (Å²) in [5.41, 5.74) is 0.834. The van der Waals surface area contributed by atoms with E-state index in [1.165, 1.54) is 32.4 Å². The standard InChI is InChI=1S/C15H15BrClNO4S/c1-9-4-5-10(16)6-15(9)23(19,20)18-12-8-14(22-3)13(21-2)7-11(12)17/h4-8,18H,1-3H3. The van der Waals surface area contributed by atoms with Gasteiger partial charge in [-0.3, -0.25) is 4.72 Å².